The van der Waals surface area contributed by atoms with Gasteiger partial charge in [0.05, 0.1) is 0 Å². The second-order valence-corrected chi connectivity index (χ2v) is 3.56. The lowest BCUT2D eigenvalue weighted by atomic mass is 9.82. The molecule has 0 aliphatic heterocycles. The Kier molecular flexibility index (Phi) is 1.91. The van der Waals surface area contributed by atoms with E-state index in [2.05, 4.69) is 0 Å². The molecule has 0 saturated heterocycles. The molecule has 0 radical (unpaired) electrons. The average molecular weight is 178 g/mol. The van der Waals surface area contributed by atoms with Crippen LogP contribution in [0, 0.1) is 0 Å². The number of carbonyl (C=O) groups excluding carboxylic acids is 1. The Balaban J connectivity index is 2.54. The standard InChI is InChI=1S/C11H11FO/c1-7-6-10(12)11(13)9-5-3-2-4-8(7)9/h2-5,7,10H,6H2,1H3. The first-order valence-corrected chi connectivity index (χ1v) is 4.47. The van der Waals surface area contributed by atoms with Crippen molar-refractivity contribution in [3.8, 4) is 0 Å². The van der Waals surface area contributed by atoms with Gasteiger partial charge in [-0.1, -0.05) is 31.2 Å². The number of rotatable bonds is 0. The molecule has 1 nitrogen and oxygen atoms in total. The van der Waals surface area contributed by atoms with Crippen LogP contribution in [-0.2, 0) is 0 Å². The number of carbonyl (C=O) groups is 1. The second kappa shape index (κ2) is 2.95. The van der Waals surface area contributed by atoms with Gasteiger partial charge in [0.15, 0.2) is 12.0 Å². The molecule has 2 atom stereocenters. The number of hydrogen-bond donors (Lipinski definition) is 0. The van der Waals surface area contributed by atoms with Crippen LogP contribution in [0.15, 0.2) is 24.3 Å². The van der Waals surface area contributed by atoms with Crippen molar-refractivity contribution in [3.05, 3.63) is 35.4 Å². The van der Waals surface area contributed by atoms with Gasteiger partial charge in [-0.2, -0.15) is 0 Å². The molecule has 0 amide bonds. The fraction of sp³-hybridized carbons (Fsp3) is 0.364. The number of Topliss-reactive ketones (excluding diaryl/α,β-unsaturated/α-hetero) is 1. The van der Waals surface area contributed by atoms with E-state index < -0.39 is 6.17 Å². The van der Waals surface area contributed by atoms with E-state index in [1.807, 2.05) is 19.1 Å². The Morgan fingerprint density at radius 1 is 1.38 bits per heavy atom. The van der Waals surface area contributed by atoms with Crippen molar-refractivity contribution in [1.29, 1.82) is 0 Å². The molecule has 0 saturated carbocycles. The van der Waals surface area contributed by atoms with Crippen molar-refractivity contribution < 1.29 is 9.18 Å². The summed E-state index contributed by atoms with van der Waals surface area (Å²) >= 11 is 0. The molecule has 2 heteroatoms. The van der Waals surface area contributed by atoms with Crippen LogP contribution in [0.5, 0.6) is 0 Å². The minimum absolute atomic E-state index is 0.156. The molecule has 0 bridgehead atoms. The van der Waals surface area contributed by atoms with E-state index >= 15 is 0 Å². The fourth-order valence-corrected chi connectivity index (χ4v) is 1.86. The van der Waals surface area contributed by atoms with Crippen LogP contribution >= 0.6 is 0 Å². The van der Waals surface area contributed by atoms with Gasteiger partial charge in [0.25, 0.3) is 0 Å². The lowest BCUT2D eigenvalue weighted by Gasteiger charge is -2.23. The van der Waals surface area contributed by atoms with E-state index in [9.17, 15) is 9.18 Å². The average Bonchev–Trinajstić information content (AvgIpc) is 2.15. The summed E-state index contributed by atoms with van der Waals surface area (Å²) in [5.74, 6) is -0.197. The molecule has 1 aliphatic rings. The van der Waals surface area contributed by atoms with Crippen LogP contribution in [0.2, 0.25) is 0 Å². The van der Waals surface area contributed by atoms with Crippen LogP contribution in [0.4, 0.5) is 4.39 Å². The van der Waals surface area contributed by atoms with E-state index in [-0.39, 0.29) is 11.7 Å². The fourth-order valence-electron chi connectivity index (χ4n) is 1.86. The summed E-state index contributed by atoms with van der Waals surface area (Å²) < 4.78 is 13.2. The molecule has 13 heavy (non-hydrogen) atoms. The van der Waals surface area contributed by atoms with E-state index in [1.54, 1.807) is 12.1 Å². The minimum Gasteiger partial charge on any atom is -0.291 e. The van der Waals surface area contributed by atoms with Crippen LogP contribution < -0.4 is 0 Å². The molecular formula is C11H11FO. The van der Waals surface area contributed by atoms with Crippen molar-refractivity contribution >= 4 is 5.78 Å². The van der Waals surface area contributed by atoms with Crippen molar-refractivity contribution in [1.82, 2.24) is 0 Å². The summed E-state index contributed by atoms with van der Waals surface area (Å²) in [4.78, 5) is 11.4. The molecule has 1 aromatic rings. The van der Waals surface area contributed by atoms with E-state index in [1.165, 1.54) is 0 Å². The molecule has 0 spiro atoms. The first kappa shape index (κ1) is 8.42. The predicted molar refractivity (Wildman–Crippen MR) is 48.7 cm³/mol. The quantitative estimate of drug-likeness (QED) is 0.597. The number of halogens is 1. The number of fused-ring (bicyclic) bond motifs is 1. The molecule has 0 heterocycles. The zero-order valence-electron chi connectivity index (χ0n) is 7.46. The van der Waals surface area contributed by atoms with Crippen LogP contribution in [0.3, 0.4) is 0 Å². The monoisotopic (exact) mass is 178 g/mol. The van der Waals surface area contributed by atoms with Gasteiger partial charge in [0, 0.05) is 5.56 Å². The summed E-state index contributed by atoms with van der Waals surface area (Å²) in [5, 5.41) is 0. The van der Waals surface area contributed by atoms with Crippen molar-refractivity contribution in [2.45, 2.75) is 25.4 Å². The molecule has 0 fully saturated rings. The third-order valence-corrected chi connectivity index (χ3v) is 2.60. The van der Waals surface area contributed by atoms with Gasteiger partial charge in [-0.15, -0.1) is 0 Å². The molecular weight excluding hydrogens is 167 g/mol. The van der Waals surface area contributed by atoms with Crippen molar-refractivity contribution in [3.63, 3.8) is 0 Å². The highest BCUT2D eigenvalue weighted by Gasteiger charge is 2.30. The number of benzene rings is 1. The predicted octanol–water partition coefficient (Wildman–Crippen LogP) is 2.71. The largest absolute Gasteiger partial charge is 0.291 e. The molecule has 2 unspecified atom stereocenters. The summed E-state index contributed by atoms with van der Waals surface area (Å²) in [5.41, 5.74) is 1.55. The number of alkyl halides is 1. The van der Waals surface area contributed by atoms with Crippen molar-refractivity contribution in [2.24, 2.45) is 0 Å². The Morgan fingerprint density at radius 2 is 2.08 bits per heavy atom. The molecule has 0 N–H and O–H groups in total. The Hall–Kier alpha value is -1.18. The molecule has 1 aromatic carbocycles. The maximum absolute atomic E-state index is 13.2. The Labute approximate surface area is 76.6 Å². The molecule has 0 aromatic heterocycles. The third kappa shape index (κ3) is 1.26. The first-order chi connectivity index (χ1) is 6.20. The third-order valence-electron chi connectivity index (χ3n) is 2.60. The zero-order chi connectivity index (χ0) is 9.42. The first-order valence-electron chi connectivity index (χ1n) is 4.47. The summed E-state index contributed by atoms with van der Waals surface area (Å²) in [6.07, 6.45) is -0.972. The highest BCUT2D eigenvalue weighted by atomic mass is 19.1. The zero-order valence-corrected chi connectivity index (χ0v) is 7.46. The van der Waals surface area contributed by atoms with Crippen LogP contribution in [0.1, 0.15) is 35.2 Å². The second-order valence-electron chi connectivity index (χ2n) is 3.56. The van der Waals surface area contributed by atoms with Gasteiger partial charge >= 0.3 is 0 Å². The Bertz CT molecular complexity index is 346. The van der Waals surface area contributed by atoms with Crippen LogP contribution in [0.25, 0.3) is 0 Å². The van der Waals surface area contributed by atoms with Gasteiger partial charge in [0.1, 0.15) is 0 Å². The maximum atomic E-state index is 13.2. The van der Waals surface area contributed by atoms with E-state index in [0.29, 0.717) is 12.0 Å². The normalized spacial score (nSPS) is 27.1. The maximum Gasteiger partial charge on any atom is 0.197 e. The number of ketones is 1. The molecule has 68 valence electrons. The van der Waals surface area contributed by atoms with Gasteiger partial charge in [-0.05, 0) is 17.9 Å². The lowest BCUT2D eigenvalue weighted by Crippen LogP contribution is -2.25. The lowest BCUT2D eigenvalue weighted by molar-refractivity contribution is 0.0846. The van der Waals surface area contributed by atoms with E-state index in [0.717, 1.165) is 5.56 Å². The summed E-state index contributed by atoms with van der Waals surface area (Å²) in [6.45, 7) is 1.96. The minimum atomic E-state index is -1.30. The van der Waals surface area contributed by atoms with Crippen LogP contribution in [-0.4, -0.2) is 12.0 Å². The topological polar surface area (TPSA) is 17.1 Å². The Morgan fingerprint density at radius 3 is 2.85 bits per heavy atom. The van der Waals surface area contributed by atoms with E-state index in [4.69, 9.17) is 0 Å². The highest BCUT2D eigenvalue weighted by Crippen LogP contribution is 2.32. The van der Waals surface area contributed by atoms with Crippen molar-refractivity contribution in [2.75, 3.05) is 0 Å². The number of hydrogen-bond acceptors (Lipinski definition) is 1. The van der Waals surface area contributed by atoms with Gasteiger partial charge in [-0.3, -0.25) is 4.79 Å². The van der Waals surface area contributed by atoms with Gasteiger partial charge in [0.2, 0.25) is 0 Å². The van der Waals surface area contributed by atoms with Gasteiger partial charge < -0.3 is 0 Å². The molecule has 1 aliphatic carbocycles. The highest BCUT2D eigenvalue weighted by molar-refractivity contribution is 6.01. The SMILES string of the molecule is CC1CC(F)C(=O)c2ccccc21. The smallest absolute Gasteiger partial charge is 0.197 e. The summed E-state index contributed by atoms with van der Waals surface area (Å²) in [7, 11) is 0. The van der Waals surface area contributed by atoms with Gasteiger partial charge in [-0.25, -0.2) is 4.39 Å². The summed E-state index contributed by atoms with van der Waals surface area (Å²) in [6, 6.07) is 7.28. The molecule has 2 rings (SSSR count).